The minimum Gasteiger partial charge on any atom is -0.382 e. The fourth-order valence-electron chi connectivity index (χ4n) is 1.70. The van der Waals surface area contributed by atoms with Crippen LogP contribution in [0.2, 0.25) is 0 Å². The molecular weight excluding hydrogens is 290 g/mol. The molecule has 1 aliphatic carbocycles. The van der Waals surface area contributed by atoms with Crippen molar-refractivity contribution >= 4 is 21.6 Å². The Balaban J connectivity index is 2.05. The van der Waals surface area contributed by atoms with E-state index in [1.807, 2.05) is 0 Å². The van der Waals surface area contributed by atoms with Crippen molar-refractivity contribution in [3.8, 4) is 6.07 Å². The number of halogens is 3. The smallest absolute Gasteiger partial charge is 0.147 e. The molecule has 0 spiro atoms. The van der Waals surface area contributed by atoms with Crippen LogP contribution in [0.1, 0.15) is 19.3 Å². The van der Waals surface area contributed by atoms with E-state index in [-0.39, 0.29) is 15.6 Å². The molecule has 1 aromatic carbocycles. The van der Waals surface area contributed by atoms with E-state index in [1.54, 1.807) is 0 Å². The standard InChI is InChI=1S/C12H11BrF2N2/c13-8-5-10(15)11(6-9(8)14)17-7-12(1-2-12)3-4-16/h5-6,17H,1-3,7H2. The molecule has 0 saturated heterocycles. The van der Waals surface area contributed by atoms with E-state index in [0.29, 0.717) is 13.0 Å². The van der Waals surface area contributed by atoms with E-state index in [2.05, 4.69) is 27.3 Å². The van der Waals surface area contributed by atoms with Crippen molar-refractivity contribution in [2.75, 3.05) is 11.9 Å². The maximum Gasteiger partial charge on any atom is 0.147 e. The third-order valence-corrected chi connectivity index (χ3v) is 3.68. The Morgan fingerprint density at radius 3 is 2.65 bits per heavy atom. The van der Waals surface area contributed by atoms with Crippen LogP contribution in [0, 0.1) is 28.4 Å². The highest BCUT2D eigenvalue weighted by molar-refractivity contribution is 9.10. The van der Waals surface area contributed by atoms with Gasteiger partial charge in [-0.1, -0.05) is 0 Å². The van der Waals surface area contributed by atoms with Crippen molar-refractivity contribution < 1.29 is 8.78 Å². The molecule has 1 aliphatic rings. The lowest BCUT2D eigenvalue weighted by atomic mass is 10.0. The first-order valence-corrected chi connectivity index (χ1v) is 6.11. The Kier molecular flexibility index (Phi) is 3.34. The summed E-state index contributed by atoms with van der Waals surface area (Å²) in [6.45, 7) is 0.512. The number of nitrogens with zero attached hydrogens (tertiary/aromatic N) is 1. The summed E-state index contributed by atoms with van der Waals surface area (Å²) in [5.41, 5.74) is 0.111. The lowest BCUT2D eigenvalue weighted by Crippen LogP contribution is -2.15. The van der Waals surface area contributed by atoms with Crippen molar-refractivity contribution in [2.24, 2.45) is 5.41 Å². The lowest BCUT2D eigenvalue weighted by Gasteiger charge is -2.14. The van der Waals surface area contributed by atoms with E-state index in [0.717, 1.165) is 25.0 Å². The van der Waals surface area contributed by atoms with Crippen LogP contribution in [0.3, 0.4) is 0 Å². The number of nitriles is 1. The van der Waals surface area contributed by atoms with Gasteiger partial charge in [-0.25, -0.2) is 8.78 Å². The fraction of sp³-hybridized carbons (Fsp3) is 0.417. The van der Waals surface area contributed by atoms with Gasteiger partial charge < -0.3 is 5.32 Å². The maximum absolute atomic E-state index is 13.5. The van der Waals surface area contributed by atoms with Crippen LogP contribution in [0.4, 0.5) is 14.5 Å². The summed E-state index contributed by atoms with van der Waals surface area (Å²) >= 11 is 2.92. The van der Waals surface area contributed by atoms with Crippen LogP contribution in [-0.4, -0.2) is 6.54 Å². The third-order valence-electron chi connectivity index (χ3n) is 3.07. The summed E-state index contributed by atoms with van der Waals surface area (Å²) in [5.74, 6) is -0.995. The molecule has 0 radical (unpaired) electrons. The topological polar surface area (TPSA) is 35.8 Å². The normalized spacial score (nSPS) is 16.4. The summed E-state index contributed by atoms with van der Waals surface area (Å²) in [6, 6.07) is 4.35. The molecule has 2 rings (SSSR count). The number of anilines is 1. The second kappa shape index (κ2) is 4.61. The zero-order chi connectivity index (χ0) is 12.5. The SMILES string of the molecule is N#CCC1(CNc2cc(F)c(Br)cc2F)CC1. The van der Waals surface area contributed by atoms with Crippen LogP contribution in [-0.2, 0) is 0 Å². The van der Waals surface area contributed by atoms with Gasteiger partial charge in [0, 0.05) is 24.4 Å². The van der Waals surface area contributed by atoms with Crippen molar-refractivity contribution in [2.45, 2.75) is 19.3 Å². The number of hydrogen-bond acceptors (Lipinski definition) is 2. The molecule has 5 heteroatoms. The molecule has 2 nitrogen and oxygen atoms in total. The molecule has 1 fully saturated rings. The predicted molar refractivity (Wildman–Crippen MR) is 64.4 cm³/mol. The van der Waals surface area contributed by atoms with Crippen molar-refractivity contribution in [1.29, 1.82) is 5.26 Å². The van der Waals surface area contributed by atoms with Gasteiger partial charge in [-0.15, -0.1) is 0 Å². The number of nitrogens with one attached hydrogen (secondary N) is 1. The first-order chi connectivity index (χ1) is 8.06. The highest BCUT2D eigenvalue weighted by Crippen LogP contribution is 2.48. The summed E-state index contributed by atoms with van der Waals surface area (Å²) in [7, 11) is 0. The van der Waals surface area contributed by atoms with E-state index < -0.39 is 11.6 Å². The minimum atomic E-state index is -0.501. The van der Waals surface area contributed by atoms with Crippen LogP contribution in [0.5, 0.6) is 0 Å². The first kappa shape index (κ1) is 12.3. The predicted octanol–water partition coefficient (Wildman–Crippen LogP) is 3.83. The van der Waals surface area contributed by atoms with Gasteiger partial charge in [-0.05, 0) is 34.8 Å². The molecule has 17 heavy (non-hydrogen) atoms. The van der Waals surface area contributed by atoms with Gasteiger partial charge in [-0.3, -0.25) is 0 Å². The number of benzene rings is 1. The quantitative estimate of drug-likeness (QED) is 0.858. The van der Waals surface area contributed by atoms with Crippen molar-refractivity contribution in [1.82, 2.24) is 0 Å². The Bertz CT molecular complexity index is 478. The maximum atomic E-state index is 13.5. The Labute approximate surface area is 107 Å². The lowest BCUT2D eigenvalue weighted by molar-refractivity contribution is 0.550. The molecule has 0 unspecified atom stereocenters. The molecule has 90 valence electrons. The Hall–Kier alpha value is -1.15. The van der Waals surface area contributed by atoms with Crippen LogP contribution < -0.4 is 5.32 Å². The van der Waals surface area contributed by atoms with Gasteiger partial charge in [-0.2, -0.15) is 5.26 Å². The average Bonchev–Trinajstić information content (AvgIpc) is 3.03. The zero-order valence-corrected chi connectivity index (χ0v) is 10.7. The average molecular weight is 301 g/mol. The van der Waals surface area contributed by atoms with E-state index in [4.69, 9.17) is 5.26 Å². The van der Waals surface area contributed by atoms with Gasteiger partial charge >= 0.3 is 0 Å². The van der Waals surface area contributed by atoms with E-state index in [1.165, 1.54) is 0 Å². The second-order valence-electron chi connectivity index (χ2n) is 4.43. The first-order valence-electron chi connectivity index (χ1n) is 5.32. The molecule has 0 aromatic heterocycles. The highest BCUT2D eigenvalue weighted by atomic mass is 79.9. The summed E-state index contributed by atoms with van der Waals surface area (Å²) in [4.78, 5) is 0. The van der Waals surface area contributed by atoms with Crippen LogP contribution in [0.25, 0.3) is 0 Å². The molecular formula is C12H11BrF2N2. The summed E-state index contributed by atoms with van der Waals surface area (Å²) < 4.78 is 26.8. The molecule has 0 amide bonds. The fourth-order valence-corrected chi connectivity index (χ4v) is 2.02. The monoisotopic (exact) mass is 300 g/mol. The number of hydrogen-bond donors (Lipinski definition) is 1. The summed E-state index contributed by atoms with van der Waals surface area (Å²) in [5, 5.41) is 11.5. The summed E-state index contributed by atoms with van der Waals surface area (Å²) in [6.07, 6.45) is 2.39. The van der Waals surface area contributed by atoms with Crippen molar-refractivity contribution in [3.05, 3.63) is 28.2 Å². The molecule has 0 atom stereocenters. The molecule has 1 saturated carbocycles. The van der Waals surface area contributed by atoms with Crippen LogP contribution >= 0.6 is 15.9 Å². The van der Waals surface area contributed by atoms with E-state index >= 15 is 0 Å². The minimum absolute atomic E-state index is 0.0370. The molecule has 0 heterocycles. The van der Waals surface area contributed by atoms with Gasteiger partial charge in [0.05, 0.1) is 16.2 Å². The van der Waals surface area contributed by atoms with Gasteiger partial charge in [0.1, 0.15) is 11.6 Å². The zero-order valence-electron chi connectivity index (χ0n) is 9.06. The third kappa shape index (κ3) is 2.75. The molecule has 0 aliphatic heterocycles. The Morgan fingerprint density at radius 1 is 1.35 bits per heavy atom. The van der Waals surface area contributed by atoms with Gasteiger partial charge in [0.2, 0.25) is 0 Å². The largest absolute Gasteiger partial charge is 0.382 e. The molecule has 1 N–H and O–H groups in total. The van der Waals surface area contributed by atoms with Gasteiger partial charge in [0.15, 0.2) is 0 Å². The van der Waals surface area contributed by atoms with Crippen molar-refractivity contribution in [3.63, 3.8) is 0 Å². The van der Waals surface area contributed by atoms with Crippen LogP contribution in [0.15, 0.2) is 16.6 Å². The molecule has 1 aromatic rings. The molecule has 0 bridgehead atoms. The Morgan fingerprint density at radius 2 is 2.06 bits per heavy atom. The van der Waals surface area contributed by atoms with E-state index in [9.17, 15) is 8.78 Å². The second-order valence-corrected chi connectivity index (χ2v) is 5.29. The number of rotatable bonds is 4. The van der Waals surface area contributed by atoms with Gasteiger partial charge in [0.25, 0.3) is 0 Å². The highest BCUT2D eigenvalue weighted by Gasteiger charge is 2.42.